The Bertz CT molecular complexity index is 643. The van der Waals surface area contributed by atoms with Crippen LogP contribution >= 0.6 is 11.6 Å². The monoisotopic (exact) mass is 299 g/mol. The number of nitrogens with one attached hydrogen (secondary N) is 1. The molecule has 0 bridgehead atoms. The quantitative estimate of drug-likeness (QED) is 0.830. The van der Waals surface area contributed by atoms with Gasteiger partial charge in [-0.25, -0.2) is 13.2 Å². The van der Waals surface area contributed by atoms with Crippen LogP contribution in [0.4, 0.5) is 13.2 Å². The average molecular weight is 300 g/mol. The third kappa shape index (κ3) is 2.67. The van der Waals surface area contributed by atoms with Crippen LogP contribution in [0.25, 0.3) is 0 Å². The molecular weight excluding hydrogens is 287 g/mol. The zero-order chi connectivity index (χ0) is 14.9. The third-order valence-electron chi connectivity index (χ3n) is 3.17. The molecule has 0 aromatic heterocycles. The number of aryl methyl sites for hydroxylation is 1. The van der Waals surface area contributed by atoms with Crippen molar-refractivity contribution < 1.29 is 13.2 Å². The third-order valence-corrected chi connectivity index (χ3v) is 3.69. The number of benzene rings is 2. The van der Waals surface area contributed by atoms with E-state index in [2.05, 4.69) is 5.32 Å². The van der Waals surface area contributed by atoms with Crippen LogP contribution in [0.1, 0.15) is 22.7 Å². The molecule has 0 radical (unpaired) electrons. The number of hydrogen-bond acceptors (Lipinski definition) is 1. The highest BCUT2D eigenvalue weighted by Gasteiger charge is 2.21. The molecule has 0 heterocycles. The van der Waals surface area contributed by atoms with Crippen LogP contribution in [0.15, 0.2) is 30.3 Å². The van der Waals surface area contributed by atoms with Crippen molar-refractivity contribution in [3.63, 3.8) is 0 Å². The molecule has 0 spiro atoms. The molecule has 0 aliphatic rings. The van der Waals surface area contributed by atoms with Gasteiger partial charge >= 0.3 is 0 Å². The van der Waals surface area contributed by atoms with Crippen molar-refractivity contribution in [1.82, 2.24) is 5.32 Å². The summed E-state index contributed by atoms with van der Waals surface area (Å²) < 4.78 is 40.3. The molecule has 0 fully saturated rings. The topological polar surface area (TPSA) is 12.0 Å². The SMILES string of the molecule is CNC(c1cc(F)c(F)cc1F)c1cccc(C)c1Cl. The largest absolute Gasteiger partial charge is 0.309 e. The van der Waals surface area contributed by atoms with Crippen LogP contribution < -0.4 is 5.32 Å². The highest BCUT2D eigenvalue weighted by atomic mass is 35.5. The Morgan fingerprint density at radius 3 is 2.30 bits per heavy atom. The van der Waals surface area contributed by atoms with Crippen molar-refractivity contribution in [3.05, 3.63) is 69.5 Å². The molecule has 20 heavy (non-hydrogen) atoms. The molecule has 1 unspecified atom stereocenters. The van der Waals surface area contributed by atoms with Gasteiger partial charge in [-0.2, -0.15) is 0 Å². The molecular formula is C15H13ClF3N. The zero-order valence-corrected chi connectivity index (χ0v) is 11.7. The van der Waals surface area contributed by atoms with E-state index in [9.17, 15) is 13.2 Å². The van der Waals surface area contributed by atoms with E-state index in [1.54, 1.807) is 19.2 Å². The van der Waals surface area contributed by atoms with Crippen molar-refractivity contribution in [2.45, 2.75) is 13.0 Å². The van der Waals surface area contributed by atoms with Crippen molar-refractivity contribution in [2.75, 3.05) is 7.05 Å². The standard InChI is InChI=1S/C15H13ClF3N/c1-8-4-3-5-9(14(8)16)15(20-2)10-6-12(18)13(19)7-11(10)17/h3-7,15,20H,1-2H3. The minimum absolute atomic E-state index is 0.0129. The highest BCUT2D eigenvalue weighted by molar-refractivity contribution is 6.32. The van der Waals surface area contributed by atoms with Crippen molar-refractivity contribution in [3.8, 4) is 0 Å². The summed E-state index contributed by atoms with van der Waals surface area (Å²) in [4.78, 5) is 0. The molecule has 106 valence electrons. The molecule has 0 aliphatic heterocycles. The van der Waals surface area contributed by atoms with Gasteiger partial charge in [0.25, 0.3) is 0 Å². The molecule has 1 atom stereocenters. The lowest BCUT2D eigenvalue weighted by atomic mass is 9.96. The molecule has 1 N–H and O–H groups in total. The van der Waals surface area contributed by atoms with Crippen molar-refractivity contribution >= 4 is 11.6 Å². The molecule has 0 saturated heterocycles. The predicted molar refractivity (Wildman–Crippen MR) is 73.4 cm³/mol. The lowest BCUT2D eigenvalue weighted by molar-refractivity contribution is 0.483. The summed E-state index contributed by atoms with van der Waals surface area (Å²) in [5.74, 6) is -3.12. The van der Waals surface area contributed by atoms with Gasteiger partial charge in [-0.15, -0.1) is 0 Å². The second-order valence-electron chi connectivity index (χ2n) is 4.49. The van der Waals surface area contributed by atoms with E-state index in [4.69, 9.17) is 11.6 Å². The Labute approximate surface area is 120 Å². The van der Waals surface area contributed by atoms with Gasteiger partial charge in [0.1, 0.15) is 5.82 Å². The summed E-state index contributed by atoms with van der Waals surface area (Å²) in [6.45, 7) is 1.82. The van der Waals surface area contributed by atoms with Crippen molar-refractivity contribution in [2.24, 2.45) is 0 Å². The van der Waals surface area contributed by atoms with Gasteiger partial charge in [0.05, 0.1) is 6.04 Å². The van der Waals surface area contributed by atoms with E-state index >= 15 is 0 Å². The smallest absolute Gasteiger partial charge is 0.161 e. The fourth-order valence-corrected chi connectivity index (χ4v) is 2.37. The van der Waals surface area contributed by atoms with E-state index in [0.29, 0.717) is 16.7 Å². The Kier molecular flexibility index (Phi) is 4.35. The van der Waals surface area contributed by atoms with Gasteiger partial charge < -0.3 is 5.32 Å². The maximum absolute atomic E-state index is 13.9. The van der Waals surface area contributed by atoms with Crippen LogP contribution in [-0.4, -0.2) is 7.05 Å². The van der Waals surface area contributed by atoms with Gasteiger partial charge in [0.2, 0.25) is 0 Å². The van der Waals surface area contributed by atoms with Crippen molar-refractivity contribution in [1.29, 1.82) is 0 Å². The molecule has 1 nitrogen and oxygen atoms in total. The zero-order valence-electron chi connectivity index (χ0n) is 11.0. The normalized spacial score (nSPS) is 12.5. The molecule has 0 aliphatic carbocycles. The van der Waals surface area contributed by atoms with E-state index in [1.165, 1.54) is 0 Å². The molecule has 0 saturated carbocycles. The first kappa shape index (κ1) is 14.9. The predicted octanol–water partition coefficient (Wildman–Crippen LogP) is 4.37. The number of halogens is 4. The Morgan fingerprint density at radius 1 is 1.00 bits per heavy atom. The van der Waals surface area contributed by atoms with Crippen LogP contribution in [0.3, 0.4) is 0 Å². The molecule has 0 amide bonds. The Balaban J connectivity index is 2.58. The number of hydrogen-bond donors (Lipinski definition) is 1. The fraction of sp³-hybridized carbons (Fsp3) is 0.200. The average Bonchev–Trinajstić information content (AvgIpc) is 2.41. The minimum Gasteiger partial charge on any atom is -0.309 e. The van der Waals surface area contributed by atoms with E-state index in [1.807, 2.05) is 13.0 Å². The minimum atomic E-state index is -1.21. The van der Waals surface area contributed by atoms with Crippen LogP contribution in [0, 0.1) is 24.4 Å². The lowest BCUT2D eigenvalue weighted by Crippen LogP contribution is -2.20. The van der Waals surface area contributed by atoms with Crippen LogP contribution in [0.5, 0.6) is 0 Å². The summed E-state index contributed by atoms with van der Waals surface area (Å²) >= 11 is 6.21. The first-order valence-corrected chi connectivity index (χ1v) is 6.40. The second kappa shape index (κ2) is 5.85. The van der Waals surface area contributed by atoms with Gasteiger partial charge in [-0.1, -0.05) is 29.8 Å². The highest BCUT2D eigenvalue weighted by Crippen LogP contribution is 2.32. The summed E-state index contributed by atoms with van der Waals surface area (Å²) in [5, 5.41) is 3.35. The molecule has 2 aromatic rings. The van der Waals surface area contributed by atoms with Gasteiger partial charge in [-0.05, 0) is 31.2 Å². The Morgan fingerprint density at radius 2 is 1.65 bits per heavy atom. The summed E-state index contributed by atoms with van der Waals surface area (Å²) in [7, 11) is 1.60. The van der Waals surface area contributed by atoms with E-state index in [-0.39, 0.29) is 5.56 Å². The summed E-state index contributed by atoms with van der Waals surface area (Å²) in [6.07, 6.45) is 0. The summed E-state index contributed by atoms with van der Waals surface area (Å²) in [5.41, 5.74) is 1.45. The second-order valence-corrected chi connectivity index (χ2v) is 4.87. The first-order valence-electron chi connectivity index (χ1n) is 6.02. The molecule has 2 rings (SSSR count). The van der Waals surface area contributed by atoms with Gasteiger partial charge in [0.15, 0.2) is 11.6 Å². The summed E-state index contributed by atoms with van der Waals surface area (Å²) in [6, 6.07) is 6.05. The molecule has 5 heteroatoms. The number of rotatable bonds is 3. The fourth-order valence-electron chi connectivity index (χ4n) is 2.13. The lowest BCUT2D eigenvalue weighted by Gasteiger charge is -2.20. The van der Waals surface area contributed by atoms with E-state index in [0.717, 1.165) is 11.6 Å². The maximum atomic E-state index is 13.9. The molecule has 2 aromatic carbocycles. The van der Waals surface area contributed by atoms with Crippen LogP contribution in [-0.2, 0) is 0 Å². The maximum Gasteiger partial charge on any atom is 0.161 e. The first-order chi connectivity index (χ1) is 9.45. The Hall–Kier alpha value is -1.52. The van der Waals surface area contributed by atoms with E-state index < -0.39 is 23.5 Å². The van der Waals surface area contributed by atoms with Gasteiger partial charge in [-0.3, -0.25) is 0 Å². The van der Waals surface area contributed by atoms with Crippen LogP contribution in [0.2, 0.25) is 5.02 Å². The van der Waals surface area contributed by atoms with Gasteiger partial charge in [0, 0.05) is 16.7 Å².